The Morgan fingerprint density at radius 2 is 2.04 bits per heavy atom. The van der Waals surface area contributed by atoms with E-state index in [2.05, 4.69) is 5.32 Å². The number of carbonyl (C=O) groups excluding carboxylic acids is 1. The number of thioether (sulfide) groups is 1. The summed E-state index contributed by atoms with van der Waals surface area (Å²) in [5, 5.41) is 12.8. The van der Waals surface area contributed by atoms with Crippen molar-refractivity contribution in [1.29, 1.82) is 0 Å². The number of phenolic OH excluding ortho intramolecular Hbond substituents is 1. The van der Waals surface area contributed by atoms with Crippen LogP contribution in [0.5, 0.6) is 11.5 Å². The minimum atomic E-state index is -0.148. The van der Waals surface area contributed by atoms with E-state index < -0.39 is 0 Å². The van der Waals surface area contributed by atoms with Gasteiger partial charge in [-0.15, -0.1) is 0 Å². The van der Waals surface area contributed by atoms with Gasteiger partial charge in [0.2, 0.25) is 0 Å². The molecule has 128 valence electrons. The summed E-state index contributed by atoms with van der Waals surface area (Å²) in [5.74, 6) is 0.264. The fourth-order valence-corrected chi connectivity index (χ4v) is 3.55. The Morgan fingerprint density at radius 1 is 1.28 bits per heavy atom. The molecule has 2 aromatic carbocycles. The number of para-hydroxylation sites is 1. The summed E-state index contributed by atoms with van der Waals surface area (Å²) in [6.45, 7) is 0.310. The summed E-state index contributed by atoms with van der Waals surface area (Å²) in [6, 6.07) is 14.5. The summed E-state index contributed by atoms with van der Waals surface area (Å²) in [7, 11) is 1.48. The van der Waals surface area contributed by atoms with Crippen LogP contribution in [0.25, 0.3) is 6.08 Å². The number of methoxy groups -OCH3 is 1. The summed E-state index contributed by atoms with van der Waals surface area (Å²) in [6.07, 6.45) is 1.74. The number of nitrogens with zero attached hydrogens (tertiary/aromatic N) is 1. The van der Waals surface area contributed by atoms with Gasteiger partial charge in [-0.25, -0.2) is 0 Å². The number of phenols is 1. The number of aromatic hydroxyl groups is 1. The summed E-state index contributed by atoms with van der Waals surface area (Å²) < 4.78 is 5.59. The van der Waals surface area contributed by atoms with E-state index in [9.17, 15) is 9.90 Å². The highest BCUT2D eigenvalue weighted by atomic mass is 32.2. The van der Waals surface area contributed by atoms with E-state index in [-0.39, 0.29) is 11.7 Å². The molecular formula is C18H16N2O3S2. The Morgan fingerprint density at radius 3 is 2.76 bits per heavy atom. The number of rotatable bonds is 5. The molecule has 1 fully saturated rings. The van der Waals surface area contributed by atoms with E-state index in [1.165, 1.54) is 29.8 Å². The topological polar surface area (TPSA) is 61.8 Å². The quantitative estimate of drug-likeness (QED) is 0.617. The molecule has 7 heteroatoms. The monoisotopic (exact) mass is 372 g/mol. The van der Waals surface area contributed by atoms with Crippen LogP contribution in [0.15, 0.2) is 53.4 Å². The predicted molar refractivity (Wildman–Crippen MR) is 105 cm³/mol. The molecule has 0 aromatic heterocycles. The third-order valence-corrected chi connectivity index (χ3v) is 4.97. The molecule has 3 rings (SSSR count). The third-order valence-electron chi connectivity index (χ3n) is 3.59. The van der Waals surface area contributed by atoms with Gasteiger partial charge in [-0.05, 0) is 35.9 Å². The highest BCUT2D eigenvalue weighted by Gasteiger charge is 2.31. The summed E-state index contributed by atoms with van der Waals surface area (Å²) >= 11 is 6.57. The molecule has 0 bridgehead atoms. The number of carbonyl (C=O) groups is 1. The van der Waals surface area contributed by atoms with E-state index >= 15 is 0 Å². The minimum absolute atomic E-state index is 0.0549. The van der Waals surface area contributed by atoms with Crippen molar-refractivity contribution in [2.45, 2.75) is 0 Å². The fraction of sp³-hybridized carbons (Fsp3) is 0.111. The van der Waals surface area contributed by atoms with Crippen LogP contribution in [0.2, 0.25) is 0 Å². The van der Waals surface area contributed by atoms with Crippen molar-refractivity contribution in [3.8, 4) is 11.5 Å². The lowest BCUT2D eigenvalue weighted by atomic mass is 10.2. The second-order valence-electron chi connectivity index (χ2n) is 5.24. The molecule has 1 aliphatic heterocycles. The highest BCUT2D eigenvalue weighted by Crippen LogP contribution is 2.34. The van der Waals surface area contributed by atoms with E-state index in [0.717, 1.165) is 11.3 Å². The van der Waals surface area contributed by atoms with Gasteiger partial charge in [0, 0.05) is 5.69 Å². The second-order valence-corrected chi connectivity index (χ2v) is 6.92. The first-order chi connectivity index (χ1) is 12.1. The van der Waals surface area contributed by atoms with Gasteiger partial charge < -0.3 is 15.2 Å². The number of anilines is 1. The zero-order valence-electron chi connectivity index (χ0n) is 13.4. The Labute approximate surface area is 155 Å². The number of hydrogen-bond acceptors (Lipinski definition) is 6. The maximum Gasteiger partial charge on any atom is 0.267 e. The highest BCUT2D eigenvalue weighted by molar-refractivity contribution is 8.26. The lowest BCUT2D eigenvalue weighted by molar-refractivity contribution is -0.121. The van der Waals surface area contributed by atoms with Gasteiger partial charge in [0.15, 0.2) is 11.5 Å². The normalized spacial score (nSPS) is 15.7. The molecular weight excluding hydrogens is 356 g/mol. The SMILES string of the molecule is COc1cc(/C=C2/SC(=S)N(CNc3ccccc3)C2=O)ccc1O. The Kier molecular flexibility index (Phi) is 5.25. The maximum absolute atomic E-state index is 12.6. The molecule has 1 saturated heterocycles. The lowest BCUT2D eigenvalue weighted by Crippen LogP contribution is -2.33. The van der Waals surface area contributed by atoms with Gasteiger partial charge in [0.05, 0.1) is 18.7 Å². The maximum atomic E-state index is 12.6. The van der Waals surface area contributed by atoms with E-state index in [1.807, 2.05) is 30.3 Å². The molecule has 5 nitrogen and oxygen atoms in total. The average Bonchev–Trinajstić information content (AvgIpc) is 2.89. The predicted octanol–water partition coefficient (Wildman–Crippen LogP) is 3.67. The van der Waals surface area contributed by atoms with Crippen LogP contribution in [0, 0.1) is 0 Å². The number of nitrogens with one attached hydrogen (secondary N) is 1. The van der Waals surface area contributed by atoms with Crippen molar-refractivity contribution in [3.63, 3.8) is 0 Å². The van der Waals surface area contributed by atoms with Gasteiger partial charge in [-0.3, -0.25) is 9.69 Å². The van der Waals surface area contributed by atoms with E-state index in [1.54, 1.807) is 18.2 Å². The molecule has 0 unspecified atom stereocenters. The van der Waals surface area contributed by atoms with Gasteiger partial charge >= 0.3 is 0 Å². The van der Waals surface area contributed by atoms with Crippen LogP contribution in [0.4, 0.5) is 5.69 Å². The molecule has 25 heavy (non-hydrogen) atoms. The van der Waals surface area contributed by atoms with Crippen molar-refractivity contribution in [1.82, 2.24) is 4.90 Å². The number of amides is 1. The van der Waals surface area contributed by atoms with Crippen LogP contribution in [0.1, 0.15) is 5.56 Å². The van der Waals surface area contributed by atoms with Crippen LogP contribution in [0.3, 0.4) is 0 Å². The number of ether oxygens (including phenoxy) is 1. The molecule has 0 aliphatic carbocycles. The molecule has 0 atom stereocenters. The van der Waals surface area contributed by atoms with E-state index in [0.29, 0.717) is 21.6 Å². The van der Waals surface area contributed by atoms with Gasteiger partial charge in [-0.1, -0.05) is 48.2 Å². The smallest absolute Gasteiger partial charge is 0.267 e. The zero-order valence-corrected chi connectivity index (χ0v) is 15.1. The Balaban J connectivity index is 1.74. The van der Waals surface area contributed by atoms with Crippen molar-refractivity contribution >= 4 is 46.0 Å². The van der Waals surface area contributed by atoms with Crippen molar-refractivity contribution in [3.05, 3.63) is 59.0 Å². The molecule has 0 spiro atoms. The van der Waals surface area contributed by atoms with Crippen LogP contribution in [-0.4, -0.2) is 34.0 Å². The fourth-order valence-electron chi connectivity index (χ4n) is 2.30. The largest absolute Gasteiger partial charge is 0.504 e. The Bertz CT molecular complexity index is 837. The van der Waals surface area contributed by atoms with Gasteiger partial charge in [-0.2, -0.15) is 0 Å². The van der Waals surface area contributed by atoms with Gasteiger partial charge in [0.25, 0.3) is 5.91 Å². The summed E-state index contributed by atoms with van der Waals surface area (Å²) in [4.78, 5) is 14.7. The van der Waals surface area contributed by atoms with Crippen molar-refractivity contribution in [2.75, 3.05) is 19.1 Å². The first-order valence-electron chi connectivity index (χ1n) is 7.50. The zero-order chi connectivity index (χ0) is 17.8. The number of thiocarbonyl (C=S) groups is 1. The molecule has 1 heterocycles. The Hall–Kier alpha value is -2.51. The van der Waals surface area contributed by atoms with Crippen molar-refractivity contribution < 1.29 is 14.6 Å². The van der Waals surface area contributed by atoms with E-state index in [4.69, 9.17) is 17.0 Å². The molecule has 0 saturated carbocycles. The molecule has 1 aliphatic rings. The van der Waals surface area contributed by atoms with Gasteiger partial charge in [0.1, 0.15) is 4.32 Å². The summed E-state index contributed by atoms with van der Waals surface area (Å²) in [5.41, 5.74) is 1.68. The van der Waals surface area contributed by atoms with Crippen LogP contribution < -0.4 is 10.1 Å². The second kappa shape index (κ2) is 7.58. The molecule has 1 amide bonds. The molecule has 2 aromatic rings. The molecule has 2 N–H and O–H groups in total. The van der Waals surface area contributed by atoms with Crippen LogP contribution >= 0.6 is 24.0 Å². The van der Waals surface area contributed by atoms with Crippen LogP contribution in [-0.2, 0) is 4.79 Å². The standard InChI is InChI=1S/C18H16N2O3S2/c1-23-15-9-12(7-8-14(15)21)10-16-17(22)20(18(24)25-16)11-19-13-5-3-2-4-6-13/h2-10,19,21H,11H2,1H3/b16-10+. The first-order valence-corrected chi connectivity index (χ1v) is 8.72. The lowest BCUT2D eigenvalue weighted by Gasteiger charge is -2.16. The average molecular weight is 372 g/mol. The number of benzene rings is 2. The van der Waals surface area contributed by atoms with Crippen molar-refractivity contribution in [2.24, 2.45) is 0 Å². The third kappa shape index (κ3) is 3.94. The number of hydrogen-bond donors (Lipinski definition) is 2. The minimum Gasteiger partial charge on any atom is -0.504 e. The first kappa shape index (κ1) is 17.3. The molecule has 0 radical (unpaired) electrons.